The summed E-state index contributed by atoms with van der Waals surface area (Å²) in [5, 5.41) is 0. The van der Waals surface area contributed by atoms with E-state index in [0.717, 1.165) is 10.6 Å². The van der Waals surface area contributed by atoms with Crippen molar-refractivity contribution in [2.45, 2.75) is 6.42 Å². The molecule has 0 radical (unpaired) electrons. The first-order chi connectivity index (χ1) is 13.9. The molecule has 154 valence electrons. The molecule has 0 unspecified atom stereocenters. The SMILES string of the molecule is CN(C)c1cccc(C(=O)OCC(=O)c2ccc(CC(=O)N3CCOCC3)s2)c1. The van der Waals surface area contributed by atoms with Gasteiger partial charge in [-0.3, -0.25) is 9.59 Å². The maximum Gasteiger partial charge on any atom is 0.338 e. The van der Waals surface area contributed by atoms with Crippen molar-refractivity contribution in [1.82, 2.24) is 4.90 Å². The van der Waals surface area contributed by atoms with Crippen LogP contribution in [0, 0.1) is 0 Å². The molecule has 1 amide bonds. The number of nitrogens with zero attached hydrogens (tertiary/aromatic N) is 2. The Bertz CT molecular complexity index is 887. The minimum atomic E-state index is -0.540. The third-order valence-electron chi connectivity index (χ3n) is 4.56. The molecule has 1 saturated heterocycles. The summed E-state index contributed by atoms with van der Waals surface area (Å²) in [7, 11) is 3.76. The fourth-order valence-corrected chi connectivity index (χ4v) is 3.82. The lowest BCUT2D eigenvalue weighted by Crippen LogP contribution is -2.41. The number of rotatable bonds is 7. The van der Waals surface area contributed by atoms with E-state index in [-0.39, 0.29) is 24.7 Å². The van der Waals surface area contributed by atoms with Crippen molar-refractivity contribution in [3.63, 3.8) is 0 Å². The van der Waals surface area contributed by atoms with E-state index < -0.39 is 5.97 Å². The average molecular weight is 416 g/mol. The van der Waals surface area contributed by atoms with E-state index in [4.69, 9.17) is 9.47 Å². The fourth-order valence-electron chi connectivity index (χ4n) is 2.89. The van der Waals surface area contributed by atoms with Crippen molar-refractivity contribution in [1.29, 1.82) is 0 Å². The zero-order valence-corrected chi connectivity index (χ0v) is 17.4. The Morgan fingerprint density at radius 3 is 2.62 bits per heavy atom. The van der Waals surface area contributed by atoms with Gasteiger partial charge < -0.3 is 19.3 Å². The van der Waals surface area contributed by atoms with E-state index >= 15 is 0 Å². The van der Waals surface area contributed by atoms with Crippen LogP contribution < -0.4 is 4.90 Å². The van der Waals surface area contributed by atoms with Crippen LogP contribution in [0.15, 0.2) is 36.4 Å². The fraction of sp³-hybridized carbons (Fsp3) is 0.381. The summed E-state index contributed by atoms with van der Waals surface area (Å²) in [4.78, 5) is 41.9. The summed E-state index contributed by atoms with van der Waals surface area (Å²) < 4.78 is 10.4. The molecule has 7 nitrogen and oxygen atoms in total. The van der Waals surface area contributed by atoms with Crippen LogP contribution in [0.5, 0.6) is 0 Å². The number of morpholine rings is 1. The Hall–Kier alpha value is -2.71. The smallest absolute Gasteiger partial charge is 0.338 e. The first-order valence-electron chi connectivity index (χ1n) is 9.36. The number of hydrogen-bond acceptors (Lipinski definition) is 7. The van der Waals surface area contributed by atoms with Gasteiger partial charge in [-0.25, -0.2) is 4.79 Å². The van der Waals surface area contributed by atoms with Gasteiger partial charge in [-0.05, 0) is 30.3 Å². The maximum atomic E-state index is 12.4. The third kappa shape index (κ3) is 5.65. The number of benzene rings is 1. The summed E-state index contributed by atoms with van der Waals surface area (Å²) in [6.45, 7) is 1.98. The molecule has 1 fully saturated rings. The van der Waals surface area contributed by atoms with Crippen LogP contribution in [0.1, 0.15) is 24.9 Å². The van der Waals surface area contributed by atoms with E-state index in [9.17, 15) is 14.4 Å². The van der Waals surface area contributed by atoms with Crippen LogP contribution in [0.4, 0.5) is 5.69 Å². The number of anilines is 1. The van der Waals surface area contributed by atoms with Gasteiger partial charge in [0, 0.05) is 37.7 Å². The van der Waals surface area contributed by atoms with Crippen LogP contribution in [0.2, 0.25) is 0 Å². The van der Waals surface area contributed by atoms with Gasteiger partial charge >= 0.3 is 5.97 Å². The van der Waals surface area contributed by atoms with Gasteiger partial charge in [0.1, 0.15) is 0 Å². The number of ketones is 1. The molecule has 0 spiro atoms. The molecule has 0 N–H and O–H groups in total. The summed E-state index contributed by atoms with van der Waals surface area (Å²) in [5.74, 6) is -0.792. The Kier molecular flexibility index (Phi) is 7.00. The van der Waals surface area contributed by atoms with E-state index in [2.05, 4.69) is 0 Å². The molecule has 2 aromatic rings. The minimum Gasteiger partial charge on any atom is -0.454 e. The number of carbonyl (C=O) groups excluding carboxylic acids is 3. The van der Waals surface area contributed by atoms with Crippen molar-refractivity contribution >= 4 is 34.7 Å². The number of ether oxygens (including phenoxy) is 2. The summed E-state index contributed by atoms with van der Waals surface area (Å²) in [5.41, 5.74) is 1.27. The average Bonchev–Trinajstić information content (AvgIpc) is 3.21. The van der Waals surface area contributed by atoms with Crippen molar-refractivity contribution in [2.24, 2.45) is 0 Å². The number of amides is 1. The van der Waals surface area contributed by atoms with Gasteiger partial charge in [-0.2, -0.15) is 0 Å². The van der Waals surface area contributed by atoms with E-state index in [1.54, 1.807) is 35.2 Å². The van der Waals surface area contributed by atoms with E-state index in [1.165, 1.54) is 11.3 Å². The van der Waals surface area contributed by atoms with Crippen LogP contribution in [-0.4, -0.2) is 69.6 Å². The monoisotopic (exact) mass is 416 g/mol. The quantitative estimate of drug-likeness (QED) is 0.509. The minimum absolute atomic E-state index is 0.0290. The van der Waals surface area contributed by atoms with Gasteiger partial charge in [0.15, 0.2) is 6.61 Å². The van der Waals surface area contributed by atoms with Crippen LogP contribution in [0.25, 0.3) is 0 Å². The third-order valence-corrected chi connectivity index (χ3v) is 5.68. The van der Waals surface area contributed by atoms with E-state index in [1.807, 2.05) is 25.1 Å². The Labute approximate surface area is 173 Å². The molecule has 1 aliphatic heterocycles. The van der Waals surface area contributed by atoms with Crippen LogP contribution in [-0.2, 0) is 20.7 Å². The lowest BCUT2D eigenvalue weighted by molar-refractivity contribution is -0.134. The largest absolute Gasteiger partial charge is 0.454 e. The molecule has 0 bridgehead atoms. The Morgan fingerprint density at radius 1 is 1.14 bits per heavy atom. The molecule has 0 atom stereocenters. The molecule has 3 rings (SSSR count). The number of hydrogen-bond donors (Lipinski definition) is 0. The predicted octanol–water partition coefficient (Wildman–Crippen LogP) is 2.26. The predicted molar refractivity (Wildman–Crippen MR) is 111 cm³/mol. The Morgan fingerprint density at radius 2 is 1.90 bits per heavy atom. The molecule has 8 heteroatoms. The zero-order valence-electron chi connectivity index (χ0n) is 16.6. The van der Waals surface area contributed by atoms with Crippen molar-refractivity contribution in [3.8, 4) is 0 Å². The highest BCUT2D eigenvalue weighted by molar-refractivity contribution is 7.14. The van der Waals surface area contributed by atoms with Gasteiger partial charge in [0.2, 0.25) is 11.7 Å². The Balaban J connectivity index is 1.53. The summed E-state index contributed by atoms with van der Waals surface area (Å²) >= 11 is 1.26. The molecule has 0 saturated carbocycles. The number of esters is 1. The van der Waals surface area contributed by atoms with Crippen molar-refractivity contribution in [3.05, 3.63) is 51.7 Å². The van der Waals surface area contributed by atoms with Crippen molar-refractivity contribution < 1.29 is 23.9 Å². The number of thiophene rings is 1. The van der Waals surface area contributed by atoms with Gasteiger partial charge in [-0.1, -0.05) is 6.07 Å². The van der Waals surface area contributed by atoms with Crippen LogP contribution >= 0.6 is 11.3 Å². The molecule has 1 aromatic carbocycles. The molecule has 29 heavy (non-hydrogen) atoms. The molecular formula is C21H24N2O5S. The lowest BCUT2D eigenvalue weighted by atomic mass is 10.2. The normalized spacial score (nSPS) is 13.8. The van der Waals surface area contributed by atoms with Crippen LogP contribution in [0.3, 0.4) is 0 Å². The maximum absolute atomic E-state index is 12.4. The highest BCUT2D eigenvalue weighted by atomic mass is 32.1. The standard InChI is InChI=1S/C21H24N2O5S/c1-22(2)16-5-3-4-15(12-16)21(26)28-14-18(24)19-7-6-17(29-19)13-20(25)23-8-10-27-11-9-23/h3-7,12H,8-11,13-14H2,1-2H3. The molecular weight excluding hydrogens is 392 g/mol. The first kappa shape index (κ1) is 21.0. The molecule has 2 heterocycles. The topological polar surface area (TPSA) is 76.2 Å². The second-order valence-electron chi connectivity index (χ2n) is 6.88. The molecule has 1 aromatic heterocycles. The zero-order chi connectivity index (χ0) is 20.8. The highest BCUT2D eigenvalue weighted by Gasteiger charge is 2.19. The second kappa shape index (κ2) is 9.67. The highest BCUT2D eigenvalue weighted by Crippen LogP contribution is 2.19. The van der Waals surface area contributed by atoms with E-state index in [0.29, 0.717) is 36.7 Å². The summed E-state index contributed by atoms with van der Waals surface area (Å²) in [6.07, 6.45) is 0.259. The number of carbonyl (C=O) groups is 3. The van der Waals surface area contributed by atoms with Gasteiger partial charge in [0.25, 0.3) is 0 Å². The second-order valence-corrected chi connectivity index (χ2v) is 8.05. The summed E-state index contributed by atoms with van der Waals surface area (Å²) in [6, 6.07) is 10.5. The van der Waals surface area contributed by atoms with Gasteiger partial charge in [0.05, 0.1) is 30.1 Å². The molecule has 1 aliphatic rings. The molecule has 0 aliphatic carbocycles. The van der Waals surface area contributed by atoms with Crippen molar-refractivity contribution in [2.75, 3.05) is 51.9 Å². The van der Waals surface area contributed by atoms with Gasteiger partial charge in [-0.15, -0.1) is 11.3 Å². The first-order valence-corrected chi connectivity index (χ1v) is 10.2. The number of Topliss-reactive ketones (excluding diaryl/α,β-unsaturated/α-hetero) is 1. The lowest BCUT2D eigenvalue weighted by Gasteiger charge is -2.26.